The van der Waals surface area contributed by atoms with E-state index in [0.717, 1.165) is 11.3 Å². The lowest BCUT2D eigenvalue weighted by Gasteiger charge is -2.08. The van der Waals surface area contributed by atoms with E-state index in [1.165, 1.54) is 0 Å². The minimum Gasteiger partial charge on any atom is -0.479 e. The van der Waals surface area contributed by atoms with Crippen LogP contribution in [-0.4, -0.2) is 22.3 Å². The highest BCUT2D eigenvalue weighted by Gasteiger charge is 2.13. The molecule has 0 aliphatic carbocycles. The summed E-state index contributed by atoms with van der Waals surface area (Å²) < 4.78 is 5.61. The average Bonchev–Trinajstić information content (AvgIpc) is 2.42. The van der Waals surface area contributed by atoms with Crippen molar-refractivity contribution in [1.29, 1.82) is 0 Å². The van der Waals surface area contributed by atoms with Crippen LogP contribution in [0, 0.1) is 0 Å². The average molecular weight is 258 g/mol. The normalized spacial score (nSPS) is 11.8. The van der Waals surface area contributed by atoms with Crippen molar-refractivity contribution in [3.8, 4) is 11.5 Å². The van der Waals surface area contributed by atoms with Crippen molar-refractivity contribution in [2.24, 2.45) is 0 Å². The quantitative estimate of drug-likeness (QED) is 0.864. The summed E-state index contributed by atoms with van der Waals surface area (Å²) in [5.74, 6) is 0.185. The van der Waals surface area contributed by atoms with E-state index >= 15 is 0 Å². The molecule has 2 aromatic rings. The number of carboxylic acids is 1. The van der Waals surface area contributed by atoms with Gasteiger partial charge in [-0.2, -0.15) is 0 Å². The lowest BCUT2D eigenvalue weighted by Crippen LogP contribution is -2.21. The Hall–Kier alpha value is -2.33. The zero-order chi connectivity index (χ0) is 13.7. The highest BCUT2D eigenvalue weighted by Crippen LogP contribution is 2.21. The smallest absolute Gasteiger partial charge is 0.332 e. The Labute approximate surface area is 110 Å². The zero-order valence-electron chi connectivity index (χ0n) is 10.2. The van der Waals surface area contributed by atoms with Gasteiger partial charge in [-0.05, 0) is 29.8 Å². The lowest BCUT2D eigenvalue weighted by molar-refractivity contribution is -0.146. The van der Waals surface area contributed by atoms with Gasteiger partial charge in [-0.1, -0.05) is 30.3 Å². The van der Waals surface area contributed by atoms with E-state index in [9.17, 15) is 9.90 Å². The first kappa shape index (κ1) is 13.1. The zero-order valence-corrected chi connectivity index (χ0v) is 10.2. The molecule has 0 amide bonds. The summed E-state index contributed by atoms with van der Waals surface area (Å²) >= 11 is 0. The summed E-state index contributed by atoms with van der Waals surface area (Å²) in [6, 6.07) is 16.3. The van der Waals surface area contributed by atoms with Gasteiger partial charge in [0.2, 0.25) is 0 Å². The Morgan fingerprint density at radius 3 is 2.16 bits per heavy atom. The van der Waals surface area contributed by atoms with Crippen LogP contribution in [0.25, 0.3) is 0 Å². The number of aliphatic hydroxyl groups is 1. The topological polar surface area (TPSA) is 66.8 Å². The summed E-state index contributed by atoms with van der Waals surface area (Å²) in [7, 11) is 0. The van der Waals surface area contributed by atoms with Crippen LogP contribution in [0.4, 0.5) is 0 Å². The second-order valence-electron chi connectivity index (χ2n) is 4.12. The van der Waals surface area contributed by atoms with Gasteiger partial charge in [0.05, 0.1) is 0 Å². The molecule has 0 radical (unpaired) electrons. The molecule has 0 aromatic heterocycles. The number of hydrogen-bond donors (Lipinski definition) is 2. The number of rotatable bonds is 5. The maximum Gasteiger partial charge on any atom is 0.332 e. The molecule has 19 heavy (non-hydrogen) atoms. The number of aliphatic hydroxyl groups excluding tert-OH is 1. The Bertz CT molecular complexity index is 534. The number of ether oxygens (including phenoxy) is 1. The third-order valence-corrected chi connectivity index (χ3v) is 2.62. The van der Waals surface area contributed by atoms with Crippen LogP contribution in [0.1, 0.15) is 5.56 Å². The molecular formula is C15H14O4. The minimum absolute atomic E-state index is 0.0843. The third-order valence-electron chi connectivity index (χ3n) is 2.62. The van der Waals surface area contributed by atoms with Gasteiger partial charge < -0.3 is 14.9 Å². The van der Waals surface area contributed by atoms with E-state index in [0.29, 0.717) is 5.75 Å². The van der Waals surface area contributed by atoms with E-state index < -0.39 is 12.1 Å². The largest absolute Gasteiger partial charge is 0.479 e. The fourth-order valence-corrected chi connectivity index (χ4v) is 1.63. The van der Waals surface area contributed by atoms with Crippen LogP contribution in [0.15, 0.2) is 54.6 Å². The SMILES string of the molecule is O=C(O)C(O)Cc1ccc(Oc2ccccc2)cc1. The van der Waals surface area contributed by atoms with Crippen molar-refractivity contribution in [2.45, 2.75) is 12.5 Å². The molecule has 1 unspecified atom stereocenters. The first-order chi connectivity index (χ1) is 9.15. The molecule has 98 valence electrons. The van der Waals surface area contributed by atoms with Gasteiger partial charge >= 0.3 is 5.97 Å². The molecule has 0 bridgehead atoms. The van der Waals surface area contributed by atoms with E-state index in [4.69, 9.17) is 9.84 Å². The van der Waals surface area contributed by atoms with Gasteiger partial charge in [0, 0.05) is 6.42 Å². The first-order valence-corrected chi connectivity index (χ1v) is 5.88. The van der Waals surface area contributed by atoms with Crippen LogP contribution >= 0.6 is 0 Å². The predicted octanol–water partition coefficient (Wildman–Crippen LogP) is 2.47. The number of aliphatic carboxylic acids is 1. The summed E-state index contributed by atoms with van der Waals surface area (Å²) in [6.07, 6.45) is -1.29. The minimum atomic E-state index is -1.37. The Balaban J connectivity index is 2.01. The molecule has 0 saturated carbocycles. The van der Waals surface area contributed by atoms with Crippen molar-refractivity contribution in [2.75, 3.05) is 0 Å². The van der Waals surface area contributed by atoms with Crippen LogP contribution in [0.2, 0.25) is 0 Å². The fourth-order valence-electron chi connectivity index (χ4n) is 1.63. The standard InChI is InChI=1S/C15H14O4/c16-14(15(17)18)10-11-6-8-13(9-7-11)19-12-4-2-1-3-5-12/h1-9,14,16H,10H2,(H,17,18). The molecule has 2 aromatic carbocycles. The maximum absolute atomic E-state index is 10.5. The summed E-state index contributed by atoms with van der Waals surface area (Å²) in [5, 5.41) is 17.9. The number of carbonyl (C=O) groups is 1. The number of para-hydroxylation sites is 1. The highest BCUT2D eigenvalue weighted by molar-refractivity contribution is 5.72. The van der Waals surface area contributed by atoms with Gasteiger partial charge in [0.15, 0.2) is 6.10 Å². The van der Waals surface area contributed by atoms with Crippen LogP contribution < -0.4 is 4.74 Å². The fraction of sp³-hybridized carbons (Fsp3) is 0.133. The van der Waals surface area contributed by atoms with Gasteiger partial charge in [0.25, 0.3) is 0 Å². The summed E-state index contributed by atoms with van der Waals surface area (Å²) in [4.78, 5) is 10.5. The second-order valence-corrected chi connectivity index (χ2v) is 4.12. The Morgan fingerprint density at radius 2 is 1.58 bits per heavy atom. The molecule has 0 aliphatic heterocycles. The summed E-state index contributed by atoms with van der Waals surface area (Å²) in [5.41, 5.74) is 0.746. The third kappa shape index (κ3) is 3.82. The van der Waals surface area contributed by atoms with Gasteiger partial charge in [-0.15, -0.1) is 0 Å². The molecular weight excluding hydrogens is 244 g/mol. The van der Waals surface area contributed by atoms with Gasteiger partial charge in [-0.25, -0.2) is 4.79 Å². The molecule has 1 atom stereocenters. The van der Waals surface area contributed by atoms with Gasteiger partial charge in [0.1, 0.15) is 11.5 Å². The number of hydrogen-bond acceptors (Lipinski definition) is 3. The van der Waals surface area contributed by atoms with Crippen LogP contribution in [-0.2, 0) is 11.2 Å². The van der Waals surface area contributed by atoms with Gasteiger partial charge in [-0.3, -0.25) is 0 Å². The van der Waals surface area contributed by atoms with E-state index in [2.05, 4.69) is 0 Å². The summed E-state index contributed by atoms with van der Waals surface area (Å²) in [6.45, 7) is 0. The molecule has 0 spiro atoms. The molecule has 4 heteroatoms. The monoisotopic (exact) mass is 258 g/mol. The molecule has 2 N–H and O–H groups in total. The van der Waals surface area contributed by atoms with E-state index in [1.807, 2.05) is 30.3 Å². The van der Waals surface area contributed by atoms with Crippen molar-refractivity contribution in [3.63, 3.8) is 0 Å². The van der Waals surface area contributed by atoms with Crippen LogP contribution in [0.3, 0.4) is 0 Å². The predicted molar refractivity (Wildman–Crippen MR) is 70.3 cm³/mol. The number of carboxylic acid groups (broad SMARTS) is 1. The molecule has 0 aliphatic rings. The highest BCUT2D eigenvalue weighted by atomic mass is 16.5. The van der Waals surface area contributed by atoms with Crippen molar-refractivity contribution in [3.05, 3.63) is 60.2 Å². The second kappa shape index (κ2) is 6.02. The van der Waals surface area contributed by atoms with E-state index in [-0.39, 0.29) is 6.42 Å². The molecule has 0 fully saturated rings. The molecule has 0 saturated heterocycles. The lowest BCUT2D eigenvalue weighted by atomic mass is 10.1. The van der Waals surface area contributed by atoms with Crippen molar-refractivity contribution in [1.82, 2.24) is 0 Å². The Morgan fingerprint density at radius 1 is 1.00 bits per heavy atom. The Kier molecular flexibility index (Phi) is 4.15. The van der Waals surface area contributed by atoms with Crippen LogP contribution in [0.5, 0.6) is 11.5 Å². The first-order valence-electron chi connectivity index (χ1n) is 5.88. The molecule has 4 nitrogen and oxygen atoms in total. The number of benzene rings is 2. The van der Waals surface area contributed by atoms with Crippen molar-refractivity contribution >= 4 is 5.97 Å². The van der Waals surface area contributed by atoms with Crippen molar-refractivity contribution < 1.29 is 19.7 Å². The molecule has 2 rings (SSSR count). The van der Waals surface area contributed by atoms with E-state index in [1.54, 1.807) is 24.3 Å². The molecule has 0 heterocycles. The maximum atomic E-state index is 10.5.